The minimum atomic E-state index is -0.254. The highest BCUT2D eigenvalue weighted by atomic mass is 35.5. The van der Waals surface area contributed by atoms with E-state index in [1.54, 1.807) is 13.3 Å². The maximum absolute atomic E-state index is 11.8. The SMILES string of the molecule is CCn1ncc(NC2CCCC2OC)c(Cl)c1=O. The van der Waals surface area contributed by atoms with Gasteiger partial charge in [-0.05, 0) is 26.2 Å². The van der Waals surface area contributed by atoms with Crippen LogP contribution in [0, 0.1) is 0 Å². The van der Waals surface area contributed by atoms with Crippen LogP contribution in [0.4, 0.5) is 5.69 Å². The van der Waals surface area contributed by atoms with Gasteiger partial charge in [-0.1, -0.05) is 11.6 Å². The molecule has 18 heavy (non-hydrogen) atoms. The first-order chi connectivity index (χ1) is 8.67. The van der Waals surface area contributed by atoms with Crippen LogP contribution in [0.5, 0.6) is 0 Å². The van der Waals surface area contributed by atoms with Crippen molar-refractivity contribution in [2.75, 3.05) is 12.4 Å². The molecule has 1 aromatic heterocycles. The number of hydrogen-bond acceptors (Lipinski definition) is 4. The minimum Gasteiger partial charge on any atom is -0.379 e. The Hall–Kier alpha value is -1.07. The minimum absolute atomic E-state index is 0.176. The molecule has 0 saturated heterocycles. The highest BCUT2D eigenvalue weighted by molar-refractivity contribution is 6.32. The van der Waals surface area contributed by atoms with Crippen LogP contribution in [0.25, 0.3) is 0 Å². The van der Waals surface area contributed by atoms with E-state index in [0.29, 0.717) is 12.2 Å². The number of nitrogens with zero attached hydrogens (tertiary/aromatic N) is 2. The lowest BCUT2D eigenvalue weighted by Crippen LogP contribution is -2.31. The van der Waals surface area contributed by atoms with E-state index in [1.807, 2.05) is 6.92 Å². The van der Waals surface area contributed by atoms with Crippen LogP contribution in [0.2, 0.25) is 5.02 Å². The van der Waals surface area contributed by atoms with Crippen molar-refractivity contribution in [2.45, 2.75) is 44.9 Å². The highest BCUT2D eigenvalue weighted by Crippen LogP contribution is 2.26. The van der Waals surface area contributed by atoms with Gasteiger partial charge in [0, 0.05) is 13.7 Å². The normalized spacial score (nSPS) is 23.3. The third kappa shape index (κ3) is 2.52. The van der Waals surface area contributed by atoms with Gasteiger partial charge in [0.15, 0.2) is 0 Å². The molecule has 2 atom stereocenters. The summed E-state index contributed by atoms with van der Waals surface area (Å²) in [6.45, 7) is 2.37. The molecule has 1 saturated carbocycles. The van der Waals surface area contributed by atoms with Gasteiger partial charge in [0.2, 0.25) is 0 Å². The summed E-state index contributed by atoms with van der Waals surface area (Å²) in [7, 11) is 1.71. The van der Waals surface area contributed by atoms with Crippen molar-refractivity contribution in [1.82, 2.24) is 9.78 Å². The Morgan fingerprint density at radius 2 is 2.39 bits per heavy atom. The first-order valence-electron chi connectivity index (χ1n) is 6.22. The molecule has 0 radical (unpaired) electrons. The third-order valence-electron chi connectivity index (χ3n) is 3.38. The van der Waals surface area contributed by atoms with Gasteiger partial charge in [0.25, 0.3) is 5.56 Å². The van der Waals surface area contributed by atoms with Crippen molar-refractivity contribution >= 4 is 17.3 Å². The molecule has 0 bridgehead atoms. The van der Waals surface area contributed by atoms with E-state index >= 15 is 0 Å². The molecule has 2 rings (SSSR count). The van der Waals surface area contributed by atoms with E-state index in [-0.39, 0.29) is 22.7 Å². The van der Waals surface area contributed by atoms with Gasteiger partial charge < -0.3 is 10.1 Å². The zero-order valence-corrected chi connectivity index (χ0v) is 11.4. The number of anilines is 1. The van der Waals surface area contributed by atoms with Crippen molar-refractivity contribution in [2.24, 2.45) is 0 Å². The van der Waals surface area contributed by atoms with Crippen LogP contribution >= 0.6 is 11.6 Å². The number of aromatic nitrogens is 2. The Balaban J connectivity index is 2.19. The highest BCUT2D eigenvalue weighted by Gasteiger charge is 2.27. The molecule has 1 N–H and O–H groups in total. The van der Waals surface area contributed by atoms with Crippen LogP contribution in [0.3, 0.4) is 0 Å². The Kier molecular flexibility index (Phi) is 4.24. The summed E-state index contributed by atoms with van der Waals surface area (Å²) in [4.78, 5) is 11.8. The first-order valence-corrected chi connectivity index (χ1v) is 6.60. The first kappa shape index (κ1) is 13.4. The fourth-order valence-electron chi connectivity index (χ4n) is 2.36. The van der Waals surface area contributed by atoms with Gasteiger partial charge in [-0.2, -0.15) is 5.10 Å². The second kappa shape index (κ2) is 5.71. The quantitative estimate of drug-likeness (QED) is 0.909. The van der Waals surface area contributed by atoms with Crippen LogP contribution in [-0.2, 0) is 11.3 Å². The van der Waals surface area contributed by atoms with Crippen molar-refractivity contribution in [3.63, 3.8) is 0 Å². The van der Waals surface area contributed by atoms with Crippen LogP contribution in [0.1, 0.15) is 26.2 Å². The molecule has 1 fully saturated rings. The van der Waals surface area contributed by atoms with Crippen molar-refractivity contribution < 1.29 is 4.74 Å². The van der Waals surface area contributed by atoms with E-state index < -0.39 is 0 Å². The van der Waals surface area contributed by atoms with Crippen LogP contribution in [-0.4, -0.2) is 29.0 Å². The zero-order chi connectivity index (χ0) is 13.1. The molecular weight excluding hydrogens is 254 g/mol. The Labute approximate surface area is 111 Å². The topological polar surface area (TPSA) is 56.1 Å². The monoisotopic (exact) mass is 271 g/mol. The second-order valence-electron chi connectivity index (χ2n) is 4.45. The van der Waals surface area contributed by atoms with Crippen molar-refractivity contribution in [3.05, 3.63) is 21.6 Å². The van der Waals surface area contributed by atoms with Gasteiger partial charge >= 0.3 is 0 Å². The van der Waals surface area contributed by atoms with Crippen molar-refractivity contribution in [1.29, 1.82) is 0 Å². The number of nitrogens with one attached hydrogen (secondary N) is 1. The molecule has 6 heteroatoms. The lowest BCUT2D eigenvalue weighted by molar-refractivity contribution is 0.101. The van der Waals surface area contributed by atoms with Crippen LogP contribution < -0.4 is 10.9 Å². The average Bonchev–Trinajstić information content (AvgIpc) is 2.82. The summed E-state index contributed by atoms with van der Waals surface area (Å²) in [6.07, 6.45) is 4.96. The summed E-state index contributed by atoms with van der Waals surface area (Å²) in [5.41, 5.74) is 0.344. The lowest BCUT2D eigenvalue weighted by Gasteiger charge is -2.21. The van der Waals surface area contributed by atoms with Gasteiger partial charge in [0.1, 0.15) is 5.02 Å². The number of aryl methyl sites for hydroxylation is 1. The zero-order valence-electron chi connectivity index (χ0n) is 10.6. The average molecular weight is 272 g/mol. The molecule has 1 aromatic rings. The smallest absolute Gasteiger partial charge is 0.287 e. The predicted octanol–water partition coefficient (Wildman–Crippen LogP) is 1.90. The Bertz CT molecular complexity index is 475. The van der Waals surface area contributed by atoms with Gasteiger partial charge in [-0.3, -0.25) is 4.79 Å². The van der Waals surface area contributed by atoms with E-state index in [2.05, 4.69) is 10.4 Å². The Morgan fingerprint density at radius 3 is 3.06 bits per heavy atom. The summed E-state index contributed by atoms with van der Waals surface area (Å²) in [6, 6.07) is 0.200. The molecule has 0 aromatic carbocycles. The molecule has 1 aliphatic carbocycles. The molecule has 0 aliphatic heterocycles. The van der Waals surface area contributed by atoms with E-state index in [1.165, 1.54) is 4.68 Å². The van der Waals surface area contributed by atoms with Crippen molar-refractivity contribution in [3.8, 4) is 0 Å². The molecule has 5 nitrogen and oxygen atoms in total. The molecular formula is C12H18ClN3O2. The second-order valence-corrected chi connectivity index (χ2v) is 4.83. The summed E-state index contributed by atoms with van der Waals surface area (Å²) >= 11 is 6.07. The Morgan fingerprint density at radius 1 is 1.61 bits per heavy atom. The van der Waals surface area contributed by atoms with E-state index in [9.17, 15) is 4.79 Å². The number of rotatable bonds is 4. The summed E-state index contributed by atoms with van der Waals surface area (Å²) in [5.74, 6) is 0. The predicted molar refractivity (Wildman–Crippen MR) is 71.2 cm³/mol. The molecule has 1 heterocycles. The van der Waals surface area contributed by atoms with E-state index in [0.717, 1.165) is 19.3 Å². The number of ether oxygens (including phenoxy) is 1. The summed E-state index contributed by atoms with van der Waals surface area (Å²) in [5, 5.41) is 7.54. The molecule has 100 valence electrons. The molecule has 2 unspecified atom stereocenters. The van der Waals surface area contributed by atoms with Gasteiger partial charge in [-0.15, -0.1) is 0 Å². The molecule has 0 amide bonds. The number of halogens is 1. The largest absolute Gasteiger partial charge is 0.379 e. The fourth-order valence-corrected chi connectivity index (χ4v) is 2.56. The van der Waals surface area contributed by atoms with Gasteiger partial charge in [-0.25, -0.2) is 4.68 Å². The standard InChI is InChI=1S/C12H18ClN3O2/c1-3-16-12(17)11(13)9(7-14-16)15-8-5-4-6-10(8)18-2/h7-8,10,15H,3-6H2,1-2H3. The number of methoxy groups -OCH3 is 1. The molecule has 1 aliphatic rings. The van der Waals surface area contributed by atoms with Gasteiger partial charge in [0.05, 0.1) is 24.0 Å². The lowest BCUT2D eigenvalue weighted by atomic mass is 10.2. The maximum atomic E-state index is 11.8. The molecule has 0 spiro atoms. The maximum Gasteiger partial charge on any atom is 0.287 e. The van der Waals surface area contributed by atoms with E-state index in [4.69, 9.17) is 16.3 Å². The summed E-state index contributed by atoms with van der Waals surface area (Å²) < 4.78 is 6.74. The fraction of sp³-hybridized carbons (Fsp3) is 0.667. The number of hydrogen-bond donors (Lipinski definition) is 1. The third-order valence-corrected chi connectivity index (χ3v) is 3.75. The van der Waals surface area contributed by atoms with Crippen LogP contribution in [0.15, 0.2) is 11.0 Å².